The monoisotopic (exact) mass is 379 g/mol. The van der Waals surface area contributed by atoms with E-state index < -0.39 is 0 Å². The van der Waals surface area contributed by atoms with Gasteiger partial charge in [0.15, 0.2) is 5.96 Å². The lowest BCUT2D eigenvalue weighted by Crippen LogP contribution is -2.49. The fraction of sp³-hybridized carbons (Fsp3) is 0.650. The molecule has 0 amide bonds. The van der Waals surface area contributed by atoms with E-state index in [0.29, 0.717) is 0 Å². The second kappa shape index (κ2) is 12.5. The van der Waals surface area contributed by atoms with Crippen molar-refractivity contribution in [2.45, 2.75) is 19.8 Å². The summed E-state index contributed by atoms with van der Waals surface area (Å²) in [5.41, 5.74) is 1.10. The molecule has 1 saturated heterocycles. The van der Waals surface area contributed by atoms with Gasteiger partial charge in [0.2, 0.25) is 0 Å². The van der Waals surface area contributed by atoms with E-state index in [0.717, 1.165) is 83.5 Å². The highest BCUT2D eigenvalue weighted by Crippen LogP contribution is 2.16. The minimum Gasteiger partial charge on any atom is -0.382 e. The van der Waals surface area contributed by atoms with Gasteiger partial charge in [0.1, 0.15) is 5.82 Å². The van der Waals surface area contributed by atoms with Crippen LogP contribution in [0.3, 0.4) is 0 Å². The number of aliphatic imine (C=N–C) groups is 1. The molecule has 7 heteroatoms. The van der Waals surface area contributed by atoms with E-state index in [1.54, 1.807) is 7.05 Å². The number of halogens is 1. The molecule has 0 unspecified atom stereocenters. The first kappa shape index (κ1) is 21.4. The maximum atomic E-state index is 13.0. The minimum atomic E-state index is -0.181. The standard InChI is InChI=1S/C20H34FN5O/c1-3-27-17-5-4-10-23-20(22-2)24-11-12-25-13-15-26(16-14-25)19-8-6-18(21)7-9-19/h6-9H,3-5,10-17H2,1-2H3,(H2,22,23,24). The predicted octanol–water partition coefficient (Wildman–Crippen LogP) is 1.93. The zero-order chi connectivity index (χ0) is 19.3. The Labute approximate surface area is 162 Å². The van der Waals surface area contributed by atoms with E-state index in [9.17, 15) is 4.39 Å². The van der Waals surface area contributed by atoms with Gasteiger partial charge in [-0.15, -0.1) is 0 Å². The Morgan fingerprint density at radius 3 is 2.44 bits per heavy atom. The predicted molar refractivity (Wildman–Crippen MR) is 110 cm³/mol. The molecule has 0 atom stereocenters. The van der Waals surface area contributed by atoms with E-state index in [1.807, 2.05) is 19.1 Å². The van der Waals surface area contributed by atoms with Crippen molar-refractivity contribution in [3.05, 3.63) is 30.1 Å². The average molecular weight is 380 g/mol. The Kier molecular flexibility index (Phi) is 9.94. The van der Waals surface area contributed by atoms with Gasteiger partial charge in [-0.25, -0.2) is 4.39 Å². The van der Waals surface area contributed by atoms with Gasteiger partial charge >= 0.3 is 0 Å². The lowest BCUT2D eigenvalue weighted by atomic mass is 10.2. The van der Waals surface area contributed by atoms with Crippen LogP contribution in [0.5, 0.6) is 0 Å². The third kappa shape index (κ3) is 8.13. The van der Waals surface area contributed by atoms with Gasteiger partial charge in [0.05, 0.1) is 0 Å². The molecular weight excluding hydrogens is 345 g/mol. The molecule has 1 aliphatic heterocycles. The molecule has 0 aromatic heterocycles. The fourth-order valence-electron chi connectivity index (χ4n) is 3.11. The quantitative estimate of drug-likeness (QED) is 0.370. The smallest absolute Gasteiger partial charge is 0.191 e. The van der Waals surface area contributed by atoms with Gasteiger partial charge in [-0.3, -0.25) is 9.89 Å². The van der Waals surface area contributed by atoms with Crippen molar-refractivity contribution in [1.29, 1.82) is 0 Å². The van der Waals surface area contributed by atoms with Crippen molar-refractivity contribution in [2.24, 2.45) is 4.99 Å². The zero-order valence-electron chi connectivity index (χ0n) is 16.7. The molecule has 6 nitrogen and oxygen atoms in total. The molecule has 2 rings (SSSR count). The Balaban J connectivity index is 1.57. The highest BCUT2D eigenvalue weighted by atomic mass is 19.1. The van der Waals surface area contributed by atoms with Crippen molar-refractivity contribution in [3.8, 4) is 0 Å². The zero-order valence-corrected chi connectivity index (χ0v) is 16.7. The Morgan fingerprint density at radius 2 is 1.78 bits per heavy atom. The molecule has 1 aliphatic rings. The van der Waals surface area contributed by atoms with Crippen LogP contribution >= 0.6 is 0 Å². The van der Waals surface area contributed by atoms with Crippen molar-refractivity contribution >= 4 is 11.6 Å². The number of nitrogens with one attached hydrogen (secondary N) is 2. The van der Waals surface area contributed by atoms with Gasteiger partial charge in [0, 0.05) is 71.8 Å². The van der Waals surface area contributed by atoms with E-state index >= 15 is 0 Å². The van der Waals surface area contributed by atoms with Crippen LogP contribution in [-0.2, 0) is 4.74 Å². The summed E-state index contributed by atoms with van der Waals surface area (Å²) in [5, 5.41) is 6.72. The molecule has 1 aromatic carbocycles. The molecule has 1 fully saturated rings. The van der Waals surface area contributed by atoms with E-state index in [1.165, 1.54) is 12.1 Å². The molecular formula is C20H34FN5O. The van der Waals surface area contributed by atoms with Gasteiger partial charge < -0.3 is 20.3 Å². The third-order valence-electron chi connectivity index (χ3n) is 4.72. The van der Waals surface area contributed by atoms with Crippen LogP contribution < -0.4 is 15.5 Å². The number of rotatable bonds is 10. The minimum absolute atomic E-state index is 0.181. The first-order chi connectivity index (χ1) is 13.2. The molecule has 2 N–H and O–H groups in total. The Morgan fingerprint density at radius 1 is 1.07 bits per heavy atom. The van der Waals surface area contributed by atoms with Gasteiger partial charge in [-0.2, -0.15) is 0 Å². The maximum absolute atomic E-state index is 13.0. The summed E-state index contributed by atoms with van der Waals surface area (Å²) in [6.45, 7) is 10.4. The highest BCUT2D eigenvalue weighted by Gasteiger charge is 2.16. The van der Waals surface area contributed by atoms with E-state index in [2.05, 4.69) is 25.4 Å². The molecule has 27 heavy (non-hydrogen) atoms. The van der Waals surface area contributed by atoms with Crippen LogP contribution in [0, 0.1) is 5.82 Å². The molecule has 0 saturated carbocycles. The summed E-state index contributed by atoms with van der Waals surface area (Å²) in [6.07, 6.45) is 2.14. The summed E-state index contributed by atoms with van der Waals surface area (Å²) < 4.78 is 18.4. The summed E-state index contributed by atoms with van der Waals surface area (Å²) in [4.78, 5) is 9.03. The summed E-state index contributed by atoms with van der Waals surface area (Å²) in [5.74, 6) is 0.677. The topological polar surface area (TPSA) is 52.1 Å². The average Bonchev–Trinajstić information content (AvgIpc) is 2.70. The summed E-state index contributed by atoms with van der Waals surface area (Å²) >= 11 is 0. The Hall–Kier alpha value is -1.86. The van der Waals surface area contributed by atoms with Crippen LogP contribution in [-0.4, -0.2) is 76.9 Å². The largest absolute Gasteiger partial charge is 0.382 e. The third-order valence-corrected chi connectivity index (χ3v) is 4.72. The van der Waals surface area contributed by atoms with Crippen molar-refractivity contribution in [3.63, 3.8) is 0 Å². The van der Waals surface area contributed by atoms with Gasteiger partial charge in [0.25, 0.3) is 0 Å². The molecule has 152 valence electrons. The second-order valence-electron chi connectivity index (χ2n) is 6.63. The summed E-state index contributed by atoms with van der Waals surface area (Å²) in [6, 6.07) is 6.77. The van der Waals surface area contributed by atoms with Crippen LogP contribution in [0.4, 0.5) is 10.1 Å². The highest BCUT2D eigenvalue weighted by molar-refractivity contribution is 5.79. The maximum Gasteiger partial charge on any atom is 0.191 e. The first-order valence-corrected chi connectivity index (χ1v) is 9.98. The van der Waals surface area contributed by atoms with Crippen LogP contribution in [0.2, 0.25) is 0 Å². The van der Waals surface area contributed by atoms with Crippen molar-refractivity contribution in [2.75, 3.05) is 71.0 Å². The number of piperazine rings is 1. The molecule has 0 radical (unpaired) electrons. The van der Waals surface area contributed by atoms with Crippen LogP contribution in [0.15, 0.2) is 29.3 Å². The Bertz CT molecular complexity index is 544. The molecule has 0 bridgehead atoms. The lowest BCUT2D eigenvalue weighted by Gasteiger charge is -2.36. The van der Waals surface area contributed by atoms with Gasteiger partial charge in [-0.05, 0) is 44.0 Å². The number of benzene rings is 1. The fourth-order valence-corrected chi connectivity index (χ4v) is 3.11. The molecule has 0 aliphatic carbocycles. The van der Waals surface area contributed by atoms with E-state index in [-0.39, 0.29) is 5.82 Å². The number of guanidine groups is 1. The number of hydrogen-bond acceptors (Lipinski definition) is 4. The normalized spacial score (nSPS) is 15.8. The second-order valence-corrected chi connectivity index (χ2v) is 6.63. The van der Waals surface area contributed by atoms with Gasteiger partial charge in [-0.1, -0.05) is 0 Å². The number of ether oxygens (including phenoxy) is 1. The number of anilines is 1. The molecule has 1 heterocycles. The van der Waals surface area contributed by atoms with Crippen LogP contribution in [0.25, 0.3) is 0 Å². The number of nitrogens with zero attached hydrogens (tertiary/aromatic N) is 3. The van der Waals surface area contributed by atoms with Crippen molar-refractivity contribution in [1.82, 2.24) is 15.5 Å². The lowest BCUT2D eigenvalue weighted by molar-refractivity contribution is 0.143. The SMILES string of the molecule is CCOCCCCNC(=NC)NCCN1CCN(c2ccc(F)cc2)CC1. The first-order valence-electron chi connectivity index (χ1n) is 9.98. The number of hydrogen-bond donors (Lipinski definition) is 2. The molecule has 0 spiro atoms. The molecule has 1 aromatic rings. The summed E-state index contributed by atoms with van der Waals surface area (Å²) in [7, 11) is 1.80. The number of unbranched alkanes of at least 4 members (excludes halogenated alkanes) is 1. The van der Waals surface area contributed by atoms with Crippen LogP contribution in [0.1, 0.15) is 19.8 Å². The van der Waals surface area contributed by atoms with Crippen molar-refractivity contribution < 1.29 is 9.13 Å². The van der Waals surface area contributed by atoms with E-state index in [4.69, 9.17) is 4.74 Å².